The van der Waals surface area contributed by atoms with E-state index in [0.717, 1.165) is 60.5 Å². The van der Waals surface area contributed by atoms with E-state index >= 15 is 0 Å². The Labute approximate surface area is 294 Å². The van der Waals surface area contributed by atoms with Crippen LogP contribution in [-0.2, 0) is 0 Å². The number of aromatic nitrogens is 3. The normalized spacial score (nSPS) is 11.5. The van der Waals surface area contributed by atoms with E-state index in [-0.39, 0.29) is 0 Å². The predicted molar refractivity (Wildman–Crippen MR) is 209 cm³/mol. The van der Waals surface area contributed by atoms with Crippen LogP contribution in [0.1, 0.15) is 0 Å². The summed E-state index contributed by atoms with van der Waals surface area (Å²) in [5, 5.41) is 6.67. The van der Waals surface area contributed by atoms with Crippen LogP contribution in [0.5, 0.6) is 0 Å². The average molecular weight is 652 g/mol. The maximum atomic E-state index is 6.71. The molecule has 4 nitrogen and oxygen atoms in total. The highest BCUT2D eigenvalue weighted by Gasteiger charge is 2.20. The molecule has 238 valence electrons. The van der Waals surface area contributed by atoms with Crippen molar-refractivity contribution >= 4 is 43.5 Å². The van der Waals surface area contributed by atoms with Gasteiger partial charge in [-0.05, 0) is 62.7 Å². The minimum absolute atomic E-state index is 0.601. The van der Waals surface area contributed by atoms with E-state index < -0.39 is 0 Å². The lowest BCUT2D eigenvalue weighted by Gasteiger charge is -2.11. The summed E-state index contributed by atoms with van der Waals surface area (Å²) in [5.41, 5.74) is 9.05. The molecular weight excluding hydrogens is 623 g/mol. The van der Waals surface area contributed by atoms with Crippen LogP contribution in [0.25, 0.3) is 99.9 Å². The summed E-state index contributed by atoms with van der Waals surface area (Å²) in [4.78, 5) is 15.1. The topological polar surface area (TPSA) is 51.8 Å². The SMILES string of the molecule is c1ccc(-c2nc(-c3ccccc3)nc(-c3cccc4oc5c6ccccc6c(-c6cccc(-c7ccc8ccccc8c7)c6)cc5c34)n2)cc1. The fourth-order valence-corrected chi connectivity index (χ4v) is 7.24. The van der Waals surface area contributed by atoms with Crippen molar-refractivity contribution in [3.63, 3.8) is 0 Å². The summed E-state index contributed by atoms with van der Waals surface area (Å²) in [7, 11) is 0. The Bertz CT molecular complexity index is 2860. The fraction of sp³-hybridized carbons (Fsp3) is 0. The van der Waals surface area contributed by atoms with E-state index in [1.54, 1.807) is 0 Å². The van der Waals surface area contributed by atoms with E-state index in [9.17, 15) is 0 Å². The minimum atomic E-state index is 0.601. The highest BCUT2D eigenvalue weighted by atomic mass is 16.3. The molecule has 0 bridgehead atoms. The number of fused-ring (bicyclic) bond motifs is 6. The third-order valence-electron chi connectivity index (χ3n) is 9.70. The summed E-state index contributed by atoms with van der Waals surface area (Å²) in [6.07, 6.45) is 0. The van der Waals surface area contributed by atoms with E-state index in [1.165, 1.54) is 21.9 Å². The van der Waals surface area contributed by atoms with Crippen molar-refractivity contribution in [2.75, 3.05) is 0 Å². The zero-order chi connectivity index (χ0) is 33.7. The van der Waals surface area contributed by atoms with Crippen LogP contribution in [0, 0.1) is 0 Å². The maximum absolute atomic E-state index is 6.71. The highest BCUT2D eigenvalue weighted by molar-refractivity contribution is 6.22. The van der Waals surface area contributed by atoms with Gasteiger partial charge in [0.1, 0.15) is 11.2 Å². The summed E-state index contributed by atoms with van der Waals surface area (Å²) < 4.78 is 6.71. The Kier molecular flexibility index (Phi) is 6.78. The molecular formula is C47H29N3O. The lowest BCUT2D eigenvalue weighted by Crippen LogP contribution is -2.00. The Morgan fingerprint density at radius 1 is 0.333 bits per heavy atom. The second-order valence-corrected chi connectivity index (χ2v) is 12.8. The minimum Gasteiger partial charge on any atom is -0.455 e. The molecule has 0 aliphatic heterocycles. The number of hydrogen-bond donors (Lipinski definition) is 0. The van der Waals surface area contributed by atoms with Gasteiger partial charge >= 0.3 is 0 Å². The number of hydrogen-bond acceptors (Lipinski definition) is 4. The van der Waals surface area contributed by atoms with Crippen LogP contribution in [0.3, 0.4) is 0 Å². The van der Waals surface area contributed by atoms with Gasteiger partial charge in [-0.15, -0.1) is 0 Å². The third-order valence-corrected chi connectivity index (χ3v) is 9.70. The molecule has 0 atom stereocenters. The van der Waals surface area contributed by atoms with E-state index in [0.29, 0.717) is 17.5 Å². The first-order valence-electron chi connectivity index (χ1n) is 17.1. The molecule has 0 N–H and O–H groups in total. The van der Waals surface area contributed by atoms with Crippen LogP contribution < -0.4 is 0 Å². The Hall–Kier alpha value is -6.91. The van der Waals surface area contributed by atoms with E-state index in [2.05, 4.69) is 103 Å². The maximum Gasteiger partial charge on any atom is 0.164 e. The van der Waals surface area contributed by atoms with Gasteiger partial charge in [-0.2, -0.15) is 0 Å². The molecule has 0 saturated carbocycles. The molecule has 10 rings (SSSR count). The van der Waals surface area contributed by atoms with Crippen LogP contribution in [0.2, 0.25) is 0 Å². The Balaban J connectivity index is 1.21. The molecule has 0 unspecified atom stereocenters. The molecule has 2 heterocycles. The lowest BCUT2D eigenvalue weighted by atomic mass is 9.92. The smallest absolute Gasteiger partial charge is 0.164 e. The number of nitrogens with zero attached hydrogens (tertiary/aromatic N) is 3. The fourth-order valence-electron chi connectivity index (χ4n) is 7.24. The molecule has 0 aliphatic carbocycles. The molecule has 4 heteroatoms. The first-order chi connectivity index (χ1) is 25.3. The monoisotopic (exact) mass is 651 g/mol. The molecule has 0 radical (unpaired) electrons. The molecule has 0 spiro atoms. The van der Waals surface area contributed by atoms with E-state index in [4.69, 9.17) is 19.4 Å². The van der Waals surface area contributed by atoms with Gasteiger partial charge in [0.25, 0.3) is 0 Å². The largest absolute Gasteiger partial charge is 0.455 e. The van der Waals surface area contributed by atoms with Crippen molar-refractivity contribution < 1.29 is 4.42 Å². The van der Waals surface area contributed by atoms with Gasteiger partial charge in [-0.25, -0.2) is 15.0 Å². The van der Waals surface area contributed by atoms with Gasteiger partial charge in [0.2, 0.25) is 0 Å². The van der Waals surface area contributed by atoms with Gasteiger partial charge in [-0.3, -0.25) is 0 Å². The van der Waals surface area contributed by atoms with Crippen molar-refractivity contribution in [1.82, 2.24) is 15.0 Å². The van der Waals surface area contributed by atoms with Crippen molar-refractivity contribution in [3.8, 4) is 56.4 Å². The van der Waals surface area contributed by atoms with Crippen molar-refractivity contribution in [1.29, 1.82) is 0 Å². The predicted octanol–water partition coefficient (Wildman–Crippen LogP) is 12.4. The number of rotatable bonds is 5. The zero-order valence-electron chi connectivity index (χ0n) is 27.5. The molecule has 0 aliphatic rings. The lowest BCUT2D eigenvalue weighted by molar-refractivity contribution is 0.673. The van der Waals surface area contributed by atoms with Crippen molar-refractivity contribution in [2.45, 2.75) is 0 Å². The third kappa shape index (κ3) is 5.04. The first-order valence-corrected chi connectivity index (χ1v) is 17.1. The van der Waals surface area contributed by atoms with Gasteiger partial charge in [0.05, 0.1) is 0 Å². The standard InChI is InChI=1S/C47H29N3O/c1-3-14-31(15-4-1)45-48-46(32-16-5-2-6-17-32)50-47(49-45)39-23-12-24-42-43(39)41-29-40(37-21-9-10-22-38(37)44(41)51-42)36-20-11-19-34(28-36)35-26-25-30-13-7-8-18-33(30)27-35/h1-29H. The molecule has 0 saturated heterocycles. The molecule has 8 aromatic carbocycles. The summed E-state index contributed by atoms with van der Waals surface area (Å²) in [6.45, 7) is 0. The van der Waals surface area contributed by atoms with Gasteiger partial charge < -0.3 is 4.42 Å². The quantitative estimate of drug-likeness (QED) is 0.186. The van der Waals surface area contributed by atoms with Crippen molar-refractivity contribution in [3.05, 3.63) is 176 Å². The van der Waals surface area contributed by atoms with Gasteiger partial charge in [0.15, 0.2) is 17.5 Å². The van der Waals surface area contributed by atoms with Crippen molar-refractivity contribution in [2.24, 2.45) is 0 Å². The molecule has 0 amide bonds. The van der Waals surface area contributed by atoms with Crippen LogP contribution in [0.15, 0.2) is 180 Å². The molecule has 10 aromatic rings. The number of furan rings is 1. The number of benzene rings is 8. The Morgan fingerprint density at radius 3 is 1.69 bits per heavy atom. The first kappa shape index (κ1) is 29.0. The molecule has 0 fully saturated rings. The van der Waals surface area contributed by atoms with Crippen LogP contribution in [-0.4, -0.2) is 15.0 Å². The summed E-state index contributed by atoms with van der Waals surface area (Å²) in [5.74, 6) is 1.85. The summed E-state index contributed by atoms with van der Waals surface area (Å²) >= 11 is 0. The van der Waals surface area contributed by atoms with Crippen LogP contribution in [0.4, 0.5) is 0 Å². The second-order valence-electron chi connectivity index (χ2n) is 12.8. The second kappa shape index (κ2) is 11.9. The highest BCUT2D eigenvalue weighted by Crippen LogP contribution is 2.43. The Morgan fingerprint density at radius 2 is 0.922 bits per heavy atom. The average Bonchev–Trinajstić information content (AvgIpc) is 3.60. The summed E-state index contributed by atoms with van der Waals surface area (Å²) in [6, 6.07) is 61.1. The zero-order valence-corrected chi connectivity index (χ0v) is 27.5. The van der Waals surface area contributed by atoms with Gasteiger partial charge in [-0.1, -0.05) is 152 Å². The van der Waals surface area contributed by atoms with E-state index in [1.807, 2.05) is 72.8 Å². The molecule has 51 heavy (non-hydrogen) atoms. The molecule has 2 aromatic heterocycles. The van der Waals surface area contributed by atoms with Crippen LogP contribution >= 0.6 is 0 Å². The van der Waals surface area contributed by atoms with Gasteiger partial charge in [0, 0.05) is 32.8 Å².